The zero-order valence-corrected chi connectivity index (χ0v) is 9.89. The van der Waals surface area contributed by atoms with Crippen LogP contribution >= 0.6 is 0 Å². The topological polar surface area (TPSA) is 55.4 Å². The van der Waals surface area contributed by atoms with Crippen LogP contribution < -0.4 is 11.1 Å². The maximum atomic E-state index is 5.65. The Kier molecular flexibility index (Phi) is 2.82. The van der Waals surface area contributed by atoms with E-state index >= 15 is 0 Å². The van der Waals surface area contributed by atoms with Crippen molar-refractivity contribution in [2.45, 2.75) is 25.3 Å². The molecule has 4 nitrogen and oxygen atoms in total. The van der Waals surface area contributed by atoms with Crippen molar-refractivity contribution in [1.29, 1.82) is 0 Å². The van der Waals surface area contributed by atoms with Gasteiger partial charge in [0.25, 0.3) is 0 Å². The van der Waals surface area contributed by atoms with Crippen molar-refractivity contribution in [3.05, 3.63) is 35.9 Å². The molecule has 2 aromatic heterocycles. The van der Waals surface area contributed by atoms with Crippen molar-refractivity contribution in [1.82, 2.24) is 14.7 Å². The van der Waals surface area contributed by atoms with Crippen molar-refractivity contribution in [2.24, 2.45) is 5.73 Å². The lowest BCUT2D eigenvalue weighted by Crippen LogP contribution is -2.27. The number of rotatable bonds is 2. The minimum atomic E-state index is 0.586. The monoisotopic (exact) mass is 230 g/mol. The lowest BCUT2D eigenvalue weighted by atomic mass is 9.97. The van der Waals surface area contributed by atoms with E-state index in [0.29, 0.717) is 12.5 Å². The molecule has 0 spiro atoms. The summed E-state index contributed by atoms with van der Waals surface area (Å²) in [4.78, 5) is 4.59. The van der Waals surface area contributed by atoms with E-state index in [1.807, 2.05) is 6.20 Å². The van der Waals surface area contributed by atoms with Crippen LogP contribution in [0, 0.1) is 0 Å². The Labute approximate surface area is 101 Å². The van der Waals surface area contributed by atoms with Gasteiger partial charge in [0, 0.05) is 18.7 Å². The molecule has 1 aliphatic rings. The molecule has 0 unspecified atom stereocenters. The van der Waals surface area contributed by atoms with Gasteiger partial charge in [0.1, 0.15) is 5.82 Å². The number of nitrogens with one attached hydrogen (secondary N) is 1. The predicted octanol–water partition coefficient (Wildman–Crippen LogP) is 1.26. The molecule has 0 radical (unpaired) electrons. The first kappa shape index (κ1) is 10.7. The van der Waals surface area contributed by atoms with E-state index in [4.69, 9.17) is 5.73 Å². The second-order valence-electron chi connectivity index (χ2n) is 4.67. The third-order valence-corrected chi connectivity index (χ3v) is 3.57. The van der Waals surface area contributed by atoms with Gasteiger partial charge in [0.15, 0.2) is 0 Å². The number of imidazole rings is 1. The molecule has 0 aromatic carbocycles. The first-order valence-electron chi connectivity index (χ1n) is 6.25. The highest BCUT2D eigenvalue weighted by molar-refractivity contribution is 5.48. The van der Waals surface area contributed by atoms with Crippen LogP contribution in [0.5, 0.6) is 0 Å². The highest BCUT2D eigenvalue weighted by atomic mass is 15.0. The minimum Gasteiger partial charge on any atom is -0.326 e. The van der Waals surface area contributed by atoms with Crippen LogP contribution in [0.25, 0.3) is 5.52 Å². The van der Waals surface area contributed by atoms with E-state index < -0.39 is 0 Å². The normalized spacial score (nSPS) is 17.7. The average Bonchev–Trinajstić information content (AvgIpc) is 2.82. The Morgan fingerprint density at radius 3 is 3.00 bits per heavy atom. The van der Waals surface area contributed by atoms with Crippen LogP contribution in [0.3, 0.4) is 0 Å². The van der Waals surface area contributed by atoms with Crippen molar-refractivity contribution >= 4 is 5.52 Å². The van der Waals surface area contributed by atoms with Crippen molar-refractivity contribution in [2.75, 3.05) is 13.1 Å². The van der Waals surface area contributed by atoms with E-state index in [1.54, 1.807) is 0 Å². The van der Waals surface area contributed by atoms with Gasteiger partial charge in [-0.25, -0.2) is 4.98 Å². The van der Waals surface area contributed by atoms with E-state index in [9.17, 15) is 0 Å². The zero-order valence-electron chi connectivity index (χ0n) is 9.89. The van der Waals surface area contributed by atoms with Gasteiger partial charge in [-0.1, -0.05) is 0 Å². The van der Waals surface area contributed by atoms with Crippen molar-refractivity contribution < 1.29 is 0 Å². The summed E-state index contributed by atoms with van der Waals surface area (Å²) in [6.45, 7) is 2.78. The quantitative estimate of drug-likeness (QED) is 0.816. The fraction of sp³-hybridized carbons (Fsp3) is 0.462. The molecule has 0 bridgehead atoms. The summed E-state index contributed by atoms with van der Waals surface area (Å²) in [6.07, 6.45) is 6.41. The maximum absolute atomic E-state index is 5.65. The fourth-order valence-corrected chi connectivity index (χ4v) is 2.58. The first-order valence-corrected chi connectivity index (χ1v) is 6.25. The molecule has 0 atom stereocenters. The number of hydrogen-bond acceptors (Lipinski definition) is 3. The van der Waals surface area contributed by atoms with Crippen LogP contribution in [0.4, 0.5) is 0 Å². The summed E-state index contributed by atoms with van der Waals surface area (Å²) in [5, 5.41) is 3.39. The van der Waals surface area contributed by atoms with Gasteiger partial charge in [-0.15, -0.1) is 0 Å². The maximum Gasteiger partial charge on any atom is 0.116 e. The van der Waals surface area contributed by atoms with E-state index in [-0.39, 0.29) is 0 Å². The third-order valence-electron chi connectivity index (χ3n) is 3.57. The Hall–Kier alpha value is -1.39. The highest BCUT2D eigenvalue weighted by Crippen LogP contribution is 2.25. The molecule has 0 amide bonds. The van der Waals surface area contributed by atoms with Gasteiger partial charge >= 0.3 is 0 Å². The second kappa shape index (κ2) is 4.47. The van der Waals surface area contributed by atoms with Crippen LogP contribution in [0.2, 0.25) is 0 Å². The fourth-order valence-electron chi connectivity index (χ4n) is 2.58. The summed E-state index contributed by atoms with van der Waals surface area (Å²) in [7, 11) is 0. The van der Waals surface area contributed by atoms with Gasteiger partial charge in [0.2, 0.25) is 0 Å². The summed E-state index contributed by atoms with van der Waals surface area (Å²) in [6, 6.07) is 4.21. The van der Waals surface area contributed by atoms with Gasteiger partial charge in [0.05, 0.1) is 11.7 Å². The zero-order chi connectivity index (χ0) is 11.7. The summed E-state index contributed by atoms with van der Waals surface area (Å²) >= 11 is 0. The molecule has 3 heterocycles. The highest BCUT2D eigenvalue weighted by Gasteiger charge is 2.19. The van der Waals surface area contributed by atoms with Crippen molar-refractivity contribution in [3.63, 3.8) is 0 Å². The second-order valence-corrected chi connectivity index (χ2v) is 4.67. The van der Waals surface area contributed by atoms with E-state index in [2.05, 4.69) is 33.0 Å². The molecular weight excluding hydrogens is 212 g/mol. The number of aromatic nitrogens is 2. The molecule has 17 heavy (non-hydrogen) atoms. The first-order chi connectivity index (χ1) is 8.38. The largest absolute Gasteiger partial charge is 0.326 e. The minimum absolute atomic E-state index is 0.586. The molecule has 0 saturated carbocycles. The molecule has 1 aliphatic heterocycles. The van der Waals surface area contributed by atoms with E-state index in [0.717, 1.165) is 24.2 Å². The molecule has 3 N–H and O–H groups in total. The standard InChI is InChI=1S/C13H18N4/c14-8-10-3-6-17-12(7-10)9-16-13(17)11-1-4-15-5-2-11/h3,6-7,9,11,15H,1-2,4-5,8,14H2. The summed E-state index contributed by atoms with van der Waals surface area (Å²) in [5.41, 5.74) is 7.97. The van der Waals surface area contributed by atoms with Crippen molar-refractivity contribution in [3.8, 4) is 0 Å². The number of nitrogens with two attached hydrogens (primary N) is 1. The van der Waals surface area contributed by atoms with Gasteiger partial charge < -0.3 is 15.5 Å². The Morgan fingerprint density at radius 2 is 2.24 bits per heavy atom. The Balaban J connectivity index is 1.99. The Bertz CT molecular complexity index is 511. The summed E-state index contributed by atoms with van der Waals surface area (Å²) in [5.74, 6) is 1.78. The lowest BCUT2D eigenvalue weighted by molar-refractivity contribution is 0.444. The average molecular weight is 230 g/mol. The van der Waals surface area contributed by atoms with Crippen LogP contribution in [-0.2, 0) is 6.54 Å². The van der Waals surface area contributed by atoms with Gasteiger partial charge in [-0.2, -0.15) is 0 Å². The smallest absolute Gasteiger partial charge is 0.116 e. The number of piperidine rings is 1. The van der Waals surface area contributed by atoms with Crippen LogP contribution in [0.15, 0.2) is 24.5 Å². The molecule has 90 valence electrons. The summed E-state index contributed by atoms with van der Waals surface area (Å²) < 4.78 is 2.20. The van der Waals surface area contributed by atoms with Gasteiger partial charge in [-0.3, -0.25) is 0 Å². The number of pyridine rings is 1. The molecule has 1 saturated heterocycles. The number of fused-ring (bicyclic) bond motifs is 1. The molecular formula is C13H18N4. The SMILES string of the molecule is NCc1ccn2c(C3CCNCC3)ncc2c1. The predicted molar refractivity (Wildman–Crippen MR) is 67.9 cm³/mol. The third kappa shape index (κ3) is 1.94. The van der Waals surface area contributed by atoms with Crippen LogP contribution in [0.1, 0.15) is 30.1 Å². The molecule has 1 fully saturated rings. The number of hydrogen-bond donors (Lipinski definition) is 2. The van der Waals surface area contributed by atoms with E-state index in [1.165, 1.54) is 18.7 Å². The molecule has 3 rings (SSSR count). The molecule has 0 aliphatic carbocycles. The lowest BCUT2D eigenvalue weighted by Gasteiger charge is -2.21. The Morgan fingerprint density at radius 1 is 1.41 bits per heavy atom. The molecule has 4 heteroatoms. The van der Waals surface area contributed by atoms with Crippen LogP contribution in [-0.4, -0.2) is 22.5 Å². The molecule has 2 aromatic rings. The van der Waals surface area contributed by atoms with Gasteiger partial charge in [-0.05, 0) is 43.6 Å². The number of nitrogens with zero attached hydrogens (tertiary/aromatic N) is 2.